The van der Waals surface area contributed by atoms with Gasteiger partial charge in [-0.15, -0.1) is 0 Å². The van der Waals surface area contributed by atoms with Gasteiger partial charge in [-0.2, -0.15) is 4.98 Å². The largest absolute Gasteiger partial charge is 0.478 e. The van der Waals surface area contributed by atoms with E-state index in [1.165, 1.54) is 24.3 Å². The summed E-state index contributed by atoms with van der Waals surface area (Å²) in [4.78, 5) is 45.1. The molecule has 44 heavy (non-hydrogen) atoms. The minimum atomic E-state index is -3.03. The van der Waals surface area contributed by atoms with E-state index in [1.54, 1.807) is 24.8 Å². The summed E-state index contributed by atoms with van der Waals surface area (Å²) in [7, 11) is 1.59. The van der Waals surface area contributed by atoms with Crippen LogP contribution in [0.1, 0.15) is 52.1 Å². The van der Waals surface area contributed by atoms with E-state index in [4.69, 9.17) is 21.1 Å². The Morgan fingerprint density at radius 3 is 2.55 bits per heavy atom. The molecule has 0 atom stereocenters. The Kier molecular flexibility index (Phi) is 9.28. The summed E-state index contributed by atoms with van der Waals surface area (Å²) in [6, 6.07) is 6.37. The zero-order valence-corrected chi connectivity index (χ0v) is 24.8. The second kappa shape index (κ2) is 13.0. The van der Waals surface area contributed by atoms with E-state index in [9.17, 15) is 23.2 Å². The summed E-state index contributed by atoms with van der Waals surface area (Å²) < 4.78 is 54.6. The molecule has 5 rings (SSSR count). The van der Waals surface area contributed by atoms with E-state index in [2.05, 4.69) is 15.6 Å². The van der Waals surface area contributed by atoms with Crippen molar-refractivity contribution < 1.29 is 32.2 Å². The quantitative estimate of drug-likeness (QED) is 0.282. The summed E-state index contributed by atoms with van der Waals surface area (Å²) in [5.41, 5.74) is -0.242. The van der Waals surface area contributed by atoms with Crippen molar-refractivity contribution in [3.05, 3.63) is 74.4 Å². The number of hydrogen-bond acceptors (Lipinski definition) is 7. The summed E-state index contributed by atoms with van der Waals surface area (Å²) in [5, 5.41) is 5.71. The van der Waals surface area contributed by atoms with Crippen molar-refractivity contribution in [1.29, 1.82) is 0 Å². The van der Waals surface area contributed by atoms with Crippen LogP contribution >= 0.6 is 11.6 Å². The Morgan fingerprint density at radius 2 is 1.89 bits per heavy atom. The summed E-state index contributed by atoms with van der Waals surface area (Å²) >= 11 is 6.04. The Morgan fingerprint density at radius 1 is 1.14 bits per heavy atom. The van der Waals surface area contributed by atoms with Crippen molar-refractivity contribution in [3.63, 3.8) is 0 Å². The number of hydrogen-bond donors (Lipinski definition) is 2. The van der Waals surface area contributed by atoms with Crippen LogP contribution in [-0.4, -0.2) is 72.1 Å². The lowest BCUT2D eigenvalue weighted by molar-refractivity contribution is -0.113. The van der Waals surface area contributed by atoms with Gasteiger partial charge in [0.05, 0.1) is 31.9 Å². The fraction of sp³-hybridized carbons (Fsp3) is 0.400. The first-order valence-corrected chi connectivity index (χ1v) is 14.4. The van der Waals surface area contributed by atoms with E-state index in [0.717, 1.165) is 29.4 Å². The van der Waals surface area contributed by atoms with Crippen LogP contribution in [0.2, 0.25) is 5.02 Å². The number of rotatable bonds is 12. The zero-order valence-electron chi connectivity index (χ0n) is 24.1. The lowest BCUT2D eigenvalue weighted by atomic mass is 9.97. The van der Waals surface area contributed by atoms with Gasteiger partial charge in [0.25, 0.3) is 23.3 Å². The zero-order chi connectivity index (χ0) is 31.6. The lowest BCUT2D eigenvalue weighted by Gasteiger charge is -2.39. The van der Waals surface area contributed by atoms with E-state index in [0.29, 0.717) is 19.7 Å². The molecular formula is C30H31ClF3N5O5. The number of aromatic nitrogens is 2. The molecule has 2 aliphatic rings. The highest BCUT2D eigenvalue weighted by molar-refractivity contribution is 6.31. The van der Waals surface area contributed by atoms with Gasteiger partial charge in [0, 0.05) is 49.1 Å². The molecule has 1 aliphatic heterocycles. The van der Waals surface area contributed by atoms with Crippen molar-refractivity contribution in [2.75, 3.05) is 45.3 Å². The van der Waals surface area contributed by atoms with Crippen molar-refractivity contribution in [2.24, 2.45) is 0 Å². The summed E-state index contributed by atoms with van der Waals surface area (Å²) in [6.45, 7) is 1.72. The minimum Gasteiger partial charge on any atom is -0.478 e. The third-order valence-electron chi connectivity index (χ3n) is 7.14. The first-order chi connectivity index (χ1) is 21.0. The first-order valence-electron chi connectivity index (χ1n) is 14.1. The Bertz CT molecular complexity index is 1640. The van der Waals surface area contributed by atoms with Gasteiger partial charge in [-0.05, 0) is 55.2 Å². The molecular weight excluding hydrogens is 603 g/mol. The minimum absolute atomic E-state index is 0.00461. The molecule has 1 saturated heterocycles. The van der Waals surface area contributed by atoms with E-state index >= 15 is 4.39 Å². The number of amides is 2. The van der Waals surface area contributed by atoms with Gasteiger partial charge in [-0.1, -0.05) is 11.6 Å². The topological polar surface area (TPSA) is 115 Å². The standard InChI is InChI=1S/C30H31ClF3N5O5/c1-3-44-25-10-18(26-21(11-19(31)12-23(26)32)28(41)38-15-30(33,34)16-38)9-24(36-25)37-27(40)22-8-17(13-35-6-7-43-2)14-39(29(22)42)20-4-5-20/h8-12,14,20,35H,3-7,13,15-16H2,1-2H3,(H,36,37,40). The molecule has 1 aromatic carbocycles. The van der Waals surface area contributed by atoms with Crippen LogP contribution in [0.15, 0.2) is 41.3 Å². The molecule has 0 bridgehead atoms. The summed E-state index contributed by atoms with van der Waals surface area (Å²) in [6.07, 6.45) is 3.38. The smallest absolute Gasteiger partial charge is 0.282 e. The summed E-state index contributed by atoms with van der Waals surface area (Å²) in [5.74, 6) is -5.58. The number of carbonyl (C=O) groups excluding carboxylic acids is 2. The molecule has 234 valence electrons. The molecule has 10 nitrogen and oxygen atoms in total. The van der Waals surface area contributed by atoms with Gasteiger partial charge < -0.3 is 29.6 Å². The van der Waals surface area contributed by atoms with E-state index in [-0.39, 0.29) is 51.6 Å². The number of halogens is 4. The molecule has 3 heterocycles. The molecule has 2 amide bonds. The van der Waals surface area contributed by atoms with Crippen molar-refractivity contribution in [2.45, 2.75) is 38.3 Å². The van der Waals surface area contributed by atoms with Crippen molar-refractivity contribution in [1.82, 2.24) is 19.8 Å². The Hall–Kier alpha value is -3.94. The van der Waals surface area contributed by atoms with Crippen LogP contribution in [0, 0.1) is 5.82 Å². The number of methoxy groups -OCH3 is 1. The second-order valence-electron chi connectivity index (χ2n) is 10.7. The molecule has 1 aliphatic carbocycles. The number of ether oxygens (including phenoxy) is 2. The van der Waals surface area contributed by atoms with Crippen LogP contribution in [0.4, 0.5) is 19.0 Å². The maximum atomic E-state index is 15.4. The Labute approximate surface area is 256 Å². The van der Waals surface area contributed by atoms with Crippen LogP contribution in [-0.2, 0) is 11.3 Å². The average molecular weight is 634 g/mol. The normalized spacial score (nSPS) is 15.5. The number of nitrogens with zero attached hydrogens (tertiary/aromatic N) is 3. The predicted molar refractivity (Wildman–Crippen MR) is 157 cm³/mol. The molecule has 0 spiro atoms. The number of likely N-dealkylation sites (tertiary alicyclic amines) is 1. The second-order valence-corrected chi connectivity index (χ2v) is 11.1. The van der Waals surface area contributed by atoms with Gasteiger partial charge >= 0.3 is 0 Å². The monoisotopic (exact) mass is 633 g/mol. The molecule has 14 heteroatoms. The molecule has 2 N–H and O–H groups in total. The number of carbonyl (C=O) groups is 2. The molecule has 2 aromatic heterocycles. The van der Waals surface area contributed by atoms with Crippen LogP contribution < -0.4 is 20.9 Å². The highest BCUT2D eigenvalue weighted by atomic mass is 35.5. The molecule has 3 aromatic rings. The highest BCUT2D eigenvalue weighted by Gasteiger charge is 2.47. The van der Waals surface area contributed by atoms with E-state index in [1.807, 2.05) is 0 Å². The number of benzene rings is 1. The van der Waals surface area contributed by atoms with Gasteiger partial charge in [-0.25, -0.2) is 13.2 Å². The predicted octanol–water partition coefficient (Wildman–Crippen LogP) is 4.52. The van der Waals surface area contributed by atoms with Gasteiger partial charge in [0.1, 0.15) is 17.2 Å². The lowest BCUT2D eigenvalue weighted by Crippen LogP contribution is -2.58. The van der Waals surface area contributed by atoms with Crippen molar-refractivity contribution in [3.8, 4) is 17.0 Å². The molecule has 2 fully saturated rings. The Balaban J connectivity index is 1.49. The number of anilines is 1. The number of nitrogens with one attached hydrogen (secondary N) is 2. The van der Waals surface area contributed by atoms with Crippen molar-refractivity contribution >= 4 is 29.2 Å². The molecule has 1 saturated carbocycles. The fourth-order valence-corrected chi connectivity index (χ4v) is 5.14. The number of pyridine rings is 2. The maximum Gasteiger partial charge on any atom is 0.282 e. The van der Waals surface area contributed by atoms with Gasteiger partial charge in [-0.3, -0.25) is 14.4 Å². The number of alkyl halides is 2. The van der Waals surface area contributed by atoms with Crippen LogP contribution in [0.5, 0.6) is 5.88 Å². The average Bonchev–Trinajstić information content (AvgIpc) is 3.79. The van der Waals surface area contributed by atoms with E-state index < -0.39 is 42.2 Å². The third kappa shape index (κ3) is 7.06. The molecule has 0 unspecified atom stereocenters. The van der Waals surface area contributed by atoms with Gasteiger partial charge in [0.15, 0.2) is 0 Å². The maximum absolute atomic E-state index is 15.4. The van der Waals surface area contributed by atoms with Crippen LogP contribution in [0.3, 0.4) is 0 Å². The molecule has 0 radical (unpaired) electrons. The highest BCUT2D eigenvalue weighted by Crippen LogP contribution is 2.37. The SMILES string of the molecule is CCOc1cc(-c2c(F)cc(Cl)cc2C(=O)N2CC(F)(F)C2)cc(NC(=O)c2cc(CNCCOC)cn(C3CC3)c2=O)n1. The third-order valence-corrected chi connectivity index (χ3v) is 7.36. The fourth-order valence-electron chi connectivity index (χ4n) is 4.93. The van der Waals surface area contributed by atoms with Gasteiger partial charge in [0.2, 0.25) is 5.88 Å². The van der Waals surface area contributed by atoms with Crippen LogP contribution in [0.25, 0.3) is 11.1 Å². The first kappa shape index (κ1) is 31.5.